The van der Waals surface area contributed by atoms with Gasteiger partial charge in [0.05, 0.1) is 4.92 Å². The molecule has 0 radical (unpaired) electrons. The Morgan fingerprint density at radius 1 is 1.50 bits per heavy atom. The van der Waals surface area contributed by atoms with Crippen molar-refractivity contribution in [3.8, 4) is 0 Å². The Labute approximate surface area is 117 Å². The molecule has 0 aromatic heterocycles. The first-order valence-electron chi connectivity index (χ1n) is 6.63. The highest BCUT2D eigenvalue weighted by Gasteiger charge is 2.31. The maximum absolute atomic E-state index is 11.1. The van der Waals surface area contributed by atoms with Gasteiger partial charge in [0.1, 0.15) is 5.69 Å². The highest BCUT2D eigenvalue weighted by Crippen LogP contribution is 2.39. The summed E-state index contributed by atoms with van der Waals surface area (Å²) in [5.74, 6) is -0.665. The predicted octanol–water partition coefficient (Wildman–Crippen LogP) is 2.68. The molecule has 1 aromatic carbocycles. The highest BCUT2D eigenvalue weighted by molar-refractivity contribution is 5.94. The molecule has 1 fully saturated rings. The summed E-state index contributed by atoms with van der Waals surface area (Å²) >= 11 is 0. The van der Waals surface area contributed by atoms with Crippen molar-refractivity contribution in [3.05, 3.63) is 33.9 Å². The maximum Gasteiger partial charge on any atom is 0.293 e. The summed E-state index contributed by atoms with van der Waals surface area (Å²) < 4.78 is 0. The molecule has 0 aliphatic heterocycles. The van der Waals surface area contributed by atoms with E-state index in [4.69, 9.17) is 5.73 Å². The fourth-order valence-electron chi connectivity index (χ4n) is 2.74. The number of primary amides is 1. The summed E-state index contributed by atoms with van der Waals surface area (Å²) in [6.07, 6.45) is 3.06. The number of nitrogens with zero attached hydrogens (tertiary/aromatic N) is 1. The molecule has 6 nitrogen and oxygen atoms in total. The fraction of sp³-hybridized carbons (Fsp3) is 0.500. The van der Waals surface area contributed by atoms with Crippen LogP contribution in [-0.4, -0.2) is 16.9 Å². The van der Waals surface area contributed by atoms with Crippen molar-refractivity contribution in [1.29, 1.82) is 0 Å². The van der Waals surface area contributed by atoms with Crippen molar-refractivity contribution in [3.63, 3.8) is 0 Å². The molecule has 1 aliphatic rings. The lowest BCUT2D eigenvalue weighted by molar-refractivity contribution is -0.384. The summed E-state index contributed by atoms with van der Waals surface area (Å²) in [5.41, 5.74) is 5.90. The van der Waals surface area contributed by atoms with Gasteiger partial charge >= 0.3 is 0 Å². The second-order valence-corrected chi connectivity index (χ2v) is 6.10. The van der Waals surface area contributed by atoms with Crippen LogP contribution in [0.3, 0.4) is 0 Å². The van der Waals surface area contributed by atoms with Gasteiger partial charge in [-0.1, -0.05) is 13.8 Å². The average molecular weight is 277 g/mol. The molecule has 0 spiro atoms. The number of amides is 1. The van der Waals surface area contributed by atoms with Gasteiger partial charge in [0.25, 0.3) is 5.69 Å². The van der Waals surface area contributed by atoms with E-state index in [9.17, 15) is 14.9 Å². The van der Waals surface area contributed by atoms with Gasteiger partial charge < -0.3 is 11.1 Å². The molecule has 1 saturated carbocycles. The lowest BCUT2D eigenvalue weighted by atomic mass is 9.92. The Kier molecular flexibility index (Phi) is 3.65. The van der Waals surface area contributed by atoms with Crippen molar-refractivity contribution >= 4 is 17.3 Å². The van der Waals surface area contributed by atoms with Crippen LogP contribution in [0.5, 0.6) is 0 Å². The smallest absolute Gasteiger partial charge is 0.293 e. The summed E-state index contributed by atoms with van der Waals surface area (Å²) in [7, 11) is 0. The van der Waals surface area contributed by atoms with Crippen LogP contribution in [0.2, 0.25) is 0 Å². The standard InChI is InChI=1S/C14H19N3O3/c1-14(2)6-5-10(8-14)16-11-4-3-9(13(15)18)7-12(11)17(19)20/h3-4,7,10,16H,5-6,8H2,1-2H3,(H2,15,18). The molecule has 1 amide bonds. The molecular weight excluding hydrogens is 258 g/mol. The van der Waals surface area contributed by atoms with E-state index in [0.717, 1.165) is 19.3 Å². The van der Waals surface area contributed by atoms with Gasteiger partial charge in [0.15, 0.2) is 0 Å². The van der Waals surface area contributed by atoms with Gasteiger partial charge in [-0.2, -0.15) is 0 Å². The second-order valence-electron chi connectivity index (χ2n) is 6.10. The molecule has 0 heterocycles. The fourth-order valence-corrected chi connectivity index (χ4v) is 2.74. The van der Waals surface area contributed by atoms with Gasteiger partial charge in [-0.15, -0.1) is 0 Å². The van der Waals surface area contributed by atoms with E-state index in [0.29, 0.717) is 5.69 Å². The quantitative estimate of drug-likeness (QED) is 0.653. The van der Waals surface area contributed by atoms with Gasteiger partial charge in [-0.3, -0.25) is 14.9 Å². The van der Waals surface area contributed by atoms with E-state index < -0.39 is 10.8 Å². The normalized spacial score (nSPS) is 20.6. The number of hydrogen-bond acceptors (Lipinski definition) is 4. The first-order valence-corrected chi connectivity index (χ1v) is 6.63. The van der Waals surface area contributed by atoms with E-state index in [1.165, 1.54) is 12.1 Å². The highest BCUT2D eigenvalue weighted by atomic mass is 16.6. The van der Waals surface area contributed by atoms with Crippen LogP contribution in [0.25, 0.3) is 0 Å². The maximum atomic E-state index is 11.1. The minimum atomic E-state index is -0.665. The lowest BCUT2D eigenvalue weighted by Crippen LogP contribution is -2.19. The van der Waals surface area contributed by atoms with Crippen LogP contribution in [0, 0.1) is 15.5 Å². The molecular formula is C14H19N3O3. The van der Waals surface area contributed by atoms with Gasteiger partial charge in [0.2, 0.25) is 5.91 Å². The van der Waals surface area contributed by atoms with Crippen LogP contribution in [0.4, 0.5) is 11.4 Å². The minimum absolute atomic E-state index is 0.106. The number of carbonyl (C=O) groups is 1. The van der Waals surface area contributed by atoms with E-state index in [1.54, 1.807) is 6.07 Å². The summed E-state index contributed by atoms with van der Waals surface area (Å²) in [4.78, 5) is 21.7. The molecule has 20 heavy (non-hydrogen) atoms. The Bertz CT molecular complexity index is 555. The van der Waals surface area contributed by atoms with Crippen LogP contribution < -0.4 is 11.1 Å². The number of nitrogens with one attached hydrogen (secondary N) is 1. The third kappa shape index (κ3) is 3.07. The van der Waals surface area contributed by atoms with E-state index in [2.05, 4.69) is 19.2 Å². The molecule has 1 unspecified atom stereocenters. The van der Waals surface area contributed by atoms with Crippen molar-refractivity contribution in [1.82, 2.24) is 0 Å². The number of anilines is 1. The number of nitro benzene ring substituents is 1. The molecule has 108 valence electrons. The monoisotopic (exact) mass is 277 g/mol. The zero-order chi connectivity index (χ0) is 14.9. The van der Waals surface area contributed by atoms with Gasteiger partial charge in [-0.25, -0.2) is 0 Å². The molecule has 1 aromatic rings. The minimum Gasteiger partial charge on any atom is -0.377 e. The largest absolute Gasteiger partial charge is 0.377 e. The topological polar surface area (TPSA) is 98.3 Å². The number of hydrogen-bond donors (Lipinski definition) is 2. The third-order valence-electron chi connectivity index (χ3n) is 3.81. The molecule has 6 heteroatoms. The number of benzene rings is 1. The predicted molar refractivity (Wildman–Crippen MR) is 76.7 cm³/mol. The Morgan fingerprint density at radius 2 is 2.20 bits per heavy atom. The zero-order valence-electron chi connectivity index (χ0n) is 11.7. The number of rotatable bonds is 4. The molecule has 0 saturated heterocycles. The number of nitro groups is 1. The first kappa shape index (κ1) is 14.3. The molecule has 0 bridgehead atoms. The second kappa shape index (κ2) is 5.11. The van der Waals surface area contributed by atoms with E-state index in [-0.39, 0.29) is 22.7 Å². The Balaban J connectivity index is 2.23. The molecule has 3 N–H and O–H groups in total. The number of nitrogens with two attached hydrogens (primary N) is 1. The van der Waals surface area contributed by atoms with Gasteiger partial charge in [0, 0.05) is 17.7 Å². The van der Waals surface area contributed by atoms with Crippen LogP contribution in [-0.2, 0) is 0 Å². The van der Waals surface area contributed by atoms with Crippen LogP contribution in [0.15, 0.2) is 18.2 Å². The first-order chi connectivity index (χ1) is 9.28. The summed E-state index contributed by atoms with van der Waals surface area (Å²) in [6, 6.07) is 4.52. The third-order valence-corrected chi connectivity index (χ3v) is 3.81. The van der Waals surface area contributed by atoms with Crippen molar-refractivity contribution in [2.45, 2.75) is 39.2 Å². The Hall–Kier alpha value is -2.11. The Morgan fingerprint density at radius 3 is 2.70 bits per heavy atom. The van der Waals surface area contributed by atoms with Crippen molar-refractivity contribution < 1.29 is 9.72 Å². The zero-order valence-corrected chi connectivity index (χ0v) is 11.7. The molecule has 2 rings (SSSR count). The van der Waals surface area contributed by atoms with Crippen LogP contribution in [0.1, 0.15) is 43.5 Å². The number of carbonyl (C=O) groups excluding carboxylic acids is 1. The summed E-state index contributed by atoms with van der Waals surface area (Å²) in [6.45, 7) is 4.39. The van der Waals surface area contributed by atoms with Gasteiger partial charge in [-0.05, 0) is 36.8 Å². The van der Waals surface area contributed by atoms with Crippen molar-refractivity contribution in [2.24, 2.45) is 11.1 Å². The van der Waals surface area contributed by atoms with E-state index in [1.807, 2.05) is 0 Å². The summed E-state index contributed by atoms with van der Waals surface area (Å²) in [5, 5.41) is 14.3. The lowest BCUT2D eigenvalue weighted by Gasteiger charge is -2.18. The molecule has 1 aliphatic carbocycles. The van der Waals surface area contributed by atoms with E-state index >= 15 is 0 Å². The van der Waals surface area contributed by atoms with Crippen molar-refractivity contribution in [2.75, 3.05) is 5.32 Å². The average Bonchev–Trinajstić information content (AvgIpc) is 2.68. The SMILES string of the molecule is CC1(C)CCC(Nc2ccc(C(N)=O)cc2[N+](=O)[O-])C1. The molecule has 1 atom stereocenters. The van der Waals surface area contributed by atoms with Crippen LogP contribution >= 0.6 is 0 Å².